The van der Waals surface area contributed by atoms with E-state index in [0.717, 1.165) is 6.54 Å². The van der Waals surface area contributed by atoms with E-state index in [-0.39, 0.29) is 5.91 Å². The number of amides is 1. The Balaban J connectivity index is 1.88. The molecule has 0 aromatic heterocycles. The summed E-state index contributed by atoms with van der Waals surface area (Å²) in [6, 6.07) is 0.672. The van der Waals surface area contributed by atoms with E-state index in [2.05, 4.69) is 15.6 Å². The topological polar surface area (TPSA) is 50.4 Å². The van der Waals surface area contributed by atoms with E-state index in [0.29, 0.717) is 12.5 Å². The Bertz CT molecular complexity index is 134. The van der Waals surface area contributed by atoms with Crippen molar-refractivity contribution in [2.24, 2.45) is 0 Å². The van der Waals surface area contributed by atoms with Gasteiger partial charge in [0.2, 0.25) is 5.91 Å². The van der Waals surface area contributed by atoms with Crippen LogP contribution in [0.1, 0.15) is 19.3 Å². The van der Waals surface area contributed by atoms with Gasteiger partial charge in [-0.05, 0) is 12.8 Å². The minimum absolute atomic E-state index is 0.0688. The fourth-order valence-corrected chi connectivity index (χ4v) is 0.842. The van der Waals surface area contributed by atoms with Gasteiger partial charge in [0.1, 0.15) is 0 Å². The van der Waals surface area contributed by atoms with Crippen LogP contribution >= 0.6 is 0 Å². The summed E-state index contributed by atoms with van der Waals surface area (Å²) in [6.07, 6.45) is 3.00. The molecule has 0 spiro atoms. The van der Waals surface area contributed by atoms with E-state index in [1.54, 1.807) is 0 Å². The average Bonchev–Trinajstić information content (AvgIpc) is 2.72. The number of nitrogens with one attached hydrogen (secondary N) is 2. The Kier molecular flexibility index (Phi) is 3.32. The lowest BCUT2D eigenvalue weighted by Crippen LogP contribution is -2.27. The van der Waals surface area contributed by atoms with Crippen molar-refractivity contribution in [3.8, 4) is 0 Å². The number of hydroxylamine groups is 1. The predicted octanol–water partition coefficient (Wildman–Crippen LogP) is -0.194. The van der Waals surface area contributed by atoms with Gasteiger partial charge in [0.15, 0.2) is 0 Å². The minimum Gasteiger partial charge on any atom is -0.313 e. The fourth-order valence-electron chi connectivity index (χ4n) is 0.842. The van der Waals surface area contributed by atoms with Gasteiger partial charge >= 0.3 is 0 Å². The highest BCUT2D eigenvalue weighted by Gasteiger charge is 2.19. The van der Waals surface area contributed by atoms with E-state index < -0.39 is 0 Å². The molecule has 1 saturated carbocycles. The number of hydrogen-bond donors (Lipinski definition) is 2. The van der Waals surface area contributed by atoms with E-state index in [1.165, 1.54) is 20.0 Å². The Hall–Kier alpha value is -0.610. The first-order valence-electron chi connectivity index (χ1n) is 3.88. The van der Waals surface area contributed by atoms with Crippen molar-refractivity contribution in [2.45, 2.75) is 25.3 Å². The monoisotopic (exact) mass is 158 g/mol. The lowest BCUT2D eigenvalue weighted by molar-refractivity contribution is -0.131. The highest BCUT2D eigenvalue weighted by atomic mass is 16.6. The lowest BCUT2D eigenvalue weighted by Gasteiger charge is -2.02. The zero-order chi connectivity index (χ0) is 8.10. The van der Waals surface area contributed by atoms with Crippen molar-refractivity contribution in [1.29, 1.82) is 0 Å². The van der Waals surface area contributed by atoms with Crippen LogP contribution in [0.2, 0.25) is 0 Å². The maximum Gasteiger partial charge on any atom is 0.244 e. The smallest absolute Gasteiger partial charge is 0.244 e. The highest BCUT2D eigenvalue weighted by Crippen LogP contribution is 2.18. The van der Waals surface area contributed by atoms with Crippen LogP contribution in [-0.2, 0) is 9.63 Å². The molecule has 0 bridgehead atoms. The van der Waals surface area contributed by atoms with Crippen LogP contribution in [0.15, 0.2) is 0 Å². The summed E-state index contributed by atoms with van der Waals surface area (Å²) in [4.78, 5) is 15.2. The van der Waals surface area contributed by atoms with Crippen LogP contribution in [0.3, 0.4) is 0 Å². The third-order valence-corrected chi connectivity index (χ3v) is 1.58. The molecule has 2 N–H and O–H groups in total. The van der Waals surface area contributed by atoms with Crippen molar-refractivity contribution < 1.29 is 9.63 Å². The second kappa shape index (κ2) is 4.31. The highest BCUT2D eigenvalue weighted by molar-refractivity contribution is 5.74. The molecule has 0 saturated heterocycles. The van der Waals surface area contributed by atoms with Crippen LogP contribution in [0, 0.1) is 0 Å². The maximum atomic E-state index is 10.8. The Morgan fingerprint density at radius 1 is 1.64 bits per heavy atom. The van der Waals surface area contributed by atoms with Crippen molar-refractivity contribution in [3.63, 3.8) is 0 Å². The molecule has 4 heteroatoms. The Labute approximate surface area is 66.3 Å². The van der Waals surface area contributed by atoms with Gasteiger partial charge in [-0.1, -0.05) is 0 Å². The molecule has 0 atom stereocenters. The number of rotatable bonds is 5. The van der Waals surface area contributed by atoms with Crippen LogP contribution in [0.5, 0.6) is 0 Å². The zero-order valence-electron chi connectivity index (χ0n) is 6.72. The van der Waals surface area contributed by atoms with Crippen molar-refractivity contribution >= 4 is 5.91 Å². The van der Waals surface area contributed by atoms with Crippen LogP contribution < -0.4 is 10.8 Å². The number of hydrogen-bond acceptors (Lipinski definition) is 3. The molecule has 0 aromatic rings. The van der Waals surface area contributed by atoms with Crippen LogP contribution in [0.4, 0.5) is 0 Å². The second-order valence-electron chi connectivity index (χ2n) is 2.71. The van der Waals surface area contributed by atoms with Gasteiger partial charge in [0, 0.05) is 19.0 Å². The molecule has 64 valence electrons. The first-order chi connectivity index (χ1) is 5.33. The second-order valence-corrected chi connectivity index (χ2v) is 2.71. The van der Waals surface area contributed by atoms with Gasteiger partial charge in [0.05, 0.1) is 7.11 Å². The Morgan fingerprint density at radius 2 is 2.36 bits per heavy atom. The van der Waals surface area contributed by atoms with E-state index >= 15 is 0 Å². The summed E-state index contributed by atoms with van der Waals surface area (Å²) in [5.41, 5.74) is 2.26. The average molecular weight is 158 g/mol. The van der Waals surface area contributed by atoms with Gasteiger partial charge in [-0.25, -0.2) is 5.48 Å². The molecule has 0 aliphatic heterocycles. The van der Waals surface area contributed by atoms with E-state index in [9.17, 15) is 4.79 Å². The Morgan fingerprint density at radius 3 is 2.91 bits per heavy atom. The van der Waals surface area contributed by atoms with Gasteiger partial charge in [-0.3, -0.25) is 9.63 Å². The maximum absolute atomic E-state index is 10.8. The normalized spacial score (nSPS) is 16.5. The first-order valence-corrected chi connectivity index (χ1v) is 3.88. The number of carbonyl (C=O) groups is 1. The summed E-state index contributed by atoms with van der Waals surface area (Å²) >= 11 is 0. The summed E-state index contributed by atoms with van der Waals surface area (Å²) in [5.74, 6) is -0.0688. The van der Waals surface area contributed by atoms with Crippen molar-refractivity contribution in [3.05, 3.63) is 0 Å². The summed E-state index contributed by atoms with van der Waals surface area (Å²) in [5, 5.41) is 3.23. The molecule has 1 aliphatic carbocycles. The molecule has 1 amide bonds. The third kappa shape index (κ3) is 3.95. The largest absolute Gasteiger partial charge is 0.313 e. The van der Waals surface area contributed by atoms with E-state index in [4.69, 9.17) is 0 Å². The molecule has 0 heterocycles. The van der Waals surface area contributed by atoms with Crippen molar-refractivity contribution in [1.82, 2.24) is 10.8 Å². The molecular formula is C7H14N2O2. The molecule has 1 aliphatic rings. The van der Waals surface area contributed by atoms with Gasteiger partial charge in [-0.2, -0.15) is 0 Å². The molecule has 1 fully saturated rings. The standard InChI is InChI=1S/C7H14N2O2/c1-11-9-7(10)4-5-8-6-2-3-6/h6,8H,2-5H2,1H3,(H,9,10). The first kappa shape index (κ1) is 8.49. The summed E-state index contributed by atoms with van der Waals surface area (Å²) < 4.78 is 0. The molecule has 0 aromatic carbocycles. The van der Waals surface area contributed by atoms with Crippen LogP contribution in [0.25, 0.3) is 0 Å². The van der Waals surface area contributed by atoms with Crippen LogP contribution in [-0.4, -0.2) is 25.6 Å². The SMILES string of the molecule is CONC(=O)CCNC1CC1. The molecule has 11 heavy (non-hydrogen) atoms. The zero-order valence-corrected chi connectivity index (χ0v) is 6.72. The summed E-state index contributed by atoms with van der Waals surface area (Å²) in [7, 11) is 1.44. The molecule has 4 nitrogen and oxygen atoms in total. The lowest BCUT2D eigenvalue weighted by atomic mass is 10.4. The summed E-state index contributed by atoms with van der Waals surface area (Å²) in [6.45, 7) is 0.750. The molecule has 0 radical (unpaired) electrons. The quantitative estimate of drug-likeness (QED) is 0.545. The van der Waals surface area contributed by atoms with Gasteiger partial charge in [-0.15, -0.1) is 0 Å². The van der Waals surface area contributed by atoms with Crippen molar-refractivity contribution in [2.75, 3.05) is 13.7 Å². The molecule has 0 unspecified atom stereocenters. The fraction of sp³-hybridized carbons (Fsp3) is 0.857. The predicted molar refractivity (Wildman–Crippen MR) is 40.8 cm³/mol. The van der Waals surface area contributed by atoms with E-state index in [1.807, 2.05) is 0 Å². The van der Waals surface area contributed by atoms with Gasteiger partial charge in [0.25, 0.3) is 0 Å². The third-order valence-electron chi connectivity index (χ3n) is 1.58. The van der Waals surface area contributed by atoms with Gasteiger partial charge < -0.3 is 5.32 Å². The minimum atomic E-state index is -0.0688. The molecular weight excluding hydrogens is 144 g/mol. The number of carbonyl (C=O) groups excluding carboxylic acids is 1. The molecule has 1 rings (SSSR count).